The van der Waals surface area contributed by atoms with Crippen molar-refractivity contribution in [2.24, 2.45) is 5.73 Å². The van der Waals surface area contributed by atoms with Gasteiger partial charge in [-0.25, -0.2) is 13.3 Å². The SMILES string of the molecule is Cc1ccc(N(c2cc(-c3ccc(C(N)=O)cc3)sc2C(=O)O)S(=O)O)cc1. The Morgan fingerprint density at radius 3 is 2.18 bits per heavy atom. The highest BCUT2D eigenvalue weighted by molar-refractivity contribution is 7.81. The lowest BCUT2D eigenvalue weighted by atomic mass is 10.1. The molecule has 0 aliphatic carbocycles. The van der Waals surface area contributed by atoms with Crippen molar-refractivity contribution in [1.82, 2.24) is 0 Å². The molecule has 0 spiro atoms. The van der Waals surface area contributed by atoms with Crippen LogP contribution in [0.3, 0.4) is 0 Å². The maximum absolute atomic E-state index is 12.0. The summed E-state index contributed by atoms with van der Waals surface area (Å²) in [6, 6.07) is 14.8. The van der Waals surface area contributed by atoms with Gasteiger partial charge in [0, 0.05) is 10.4 Å². The number of primary amides is 1. The number of carboxylic acids is 1. The van der Waals surface area contributed by atoms with Gasteiger partial charge in [-0.05, 0) is 42.8 Å². The van der Waals surface area contributed by atoms with E-state index >= 15 is 0 Å². The first-order chi connectivity index (χ1) is 13.3. The zero-order valence-corrected chi connectivity index (χ0v) is 16.3. The third-order valence-electron chi connectivity index (χ3n) is 4.00. The molecule has 3 rings (SSSR count). The van der Waals surface area contributed by atoms with Crippen LogP contribution < -0.4 is 10.0 Å². The summed E-state index contributed by atoms with van der Waals surface area (Å²) in [5.74, 6) is -1.77. The molecular formula is C19H16N2O5S2. The van der Waals surface area contributed by atoms with E-state index < -0.39 is 23.1 Å². The Morgan fingerprint density at radius 2 is 1.68 bits per heavy atom. The fourth-order valence-corrected chi connectivity index (χ4v) is 4.28. The molecule has 0 aliphatic rings. The van der Waals surface area contributed by atoms with Crippen molar-refractivity contribution in [2.75, 3.05) is 4.31 Å². The topological polar surface area (TPSA) is 121 Å². The zero-order chi connectivity index (χ0) is 20.4. The normalized spacial score (nSPS) is 11.8. The first-order valence-electron chi connectivity index (χ1n) is 8.03. The van der Waals surface area contributed by atoms with Gasteiger partial charge in [0.1, 0.15) is 4.88 Å². The number of carbonyl (C=O) groups is 2. The third-order valence-corrected chi connectivity index (χ3v) is 5.89. The second-order valence-corrected chi connectivity index (χ2v) is 7.81. The van der Waals surface area contributed by atoms with Crippen LogP contribution in [-0.2, 0) is 11.3 Å². The van der Waals surface area contributed by atoms with Crippen molar-refractivity contribution in [3.8, 4) is 10.4 Å². The quantitative estimate of drug-likeness (QED) is 0.528. The van der Waals surface area contributed by atoms with Crippen molar-refractivity contribution < 1.29 is 23.5 Å². The molecule has 0 bridgehead atoms. The van der Waals surface area contributed by atoms with Gasteiger partial charge in [0.05, 0.1) is 11.4 Å². The summed E-state index contributed by atoms with van der Waals surface area (Å²) in [4.78, 5) is 23.5. The van der Waals surface area contributed by atoms with E-state index in [1.807, 2.05) is 6.92 Å². The molecule has 9 heteroatoms. The molecule has 0 saturated heterocycles. The second-order valence-electron chi connectivity index (χ2n) is 5.93. The minimum atomic E-state index is -2.48. The maximum atomic E-state index is 12.0. The molecule has 0 saturated carbocycles. The Kier molecular flexibility index (Phi) is 5.59. The van der Waals surface area contributed by atoms with Gasteiger partial charge in [-0.3, -0.25) is 9.35 Å². The Balaban J connectivity index is 2.11. The largest absolute Gasteiger partial charge is 0.477 e. The number of carbonyl (C=O) groups excluding carboxylic acids is 1. The molecule has 1 heterocycles. The van der Waals surface area contributed by atoms with Crippen LogP contribution in [0.2, 0.25) is 0 Å². The Morgan fingerprint density at radius 1 is 1.07 bits per heavy atom. The summed E-state index contributed by atoms with van der Waals surface area (Å²) in [5.41, 5.74) is 7.69. The lowest BCUT2D eigenvalue weighted by Crippen LogP contribution is -2.20. The number of hydrogen-bond donors (Lipinski definition) is 3. The van der Waals surface area contributed by atoms with Crippen molar-refractivity contribution in [3.63, 3.8) is 0 Å². The average molecular weight is 416 g/mol. The van der Waals surface area contributed by atoms with E-state index in [1.54, 1.807) is 54.6 Å². The van der Waals surface area contributed by atoms with E-state index in [1.165, 1.54) is 0 Å². The molecule has 0 fully saturated rings. The lowest BCUT2D eigenvalue weighted by Gasteiger charge is -2.19. The zero-order valence-electron chi connectivity index (χ0n) is 14.7. The fraction of sp³-hybridized carbons (Fsp3) is 0.0526. The number of carboxylic acid groups (broad SMARTS) is 1. The fourth-order valence-electron chi connectivity index (χ4n) is 2.62. The summed E-state index contributed by atoms with van der Waals surface area (Å²) in [6.07, 6.45) is 0. The molecular weight excluding hydrogens is 400 g/mol. The molecule has 1 aromatic heterocycles. The van der Waals surface area contributed by atoms with E-state index in [0.29, 0.717) is 21.7 Å². The predicted molar refractivity (Wildman–Crippen MR) is 109 cm³/mol. The number of benzene rings is 2. The number of rotatable bonds is 6. The van der Waals surface area contributed by atoms with E-state index in [-0.39, 0.29) is 10.6 Å². The predicted octanol–water partition coefficient (Wildman–Crippen LogP) is 3.80. The first kappa shape index (κ1) is 19.7. The smallest absolute Gasteiger partial charge is 0.348 e. The van der Waals surface area contributed by atoms with Gasteiger partial charge in [-0.1, -0.05) is 29.8 Å². The average Bonchev–Trinajstić information content (AvgIpc) is 3.08. The molecule has 4 N–H and O–H groups in total. The molecule has 1 atom stereocenters. The van der Waals surface area contributed by atoms with E-state index in [0.717, 1.165) is 21.2 Å². The van der Waals surface area contributed by atoms with Crippen LogP contribution >= 0.6 is 11.3 Å². The summed E-state index contributed by atoms with van der Waals surface area (Å²) < 4.78 is 22.9. The Hall–Kier alpha value is -3.01. The number of nitrogens with two attached hydrogens (primary N) is 1. The summed E-state index contributed by atoms with van der Waals surface area (Å²) in [7, 11) is 0. The molecule has 0 aliphatic heterocycles. The highest BCUT2D eigenvalue weighted by Crippen LogP contribution is 2.40. The number of aryl methyl sites for hydroxylation is 1. The van der Waals surface area contributed by atoms with Gasteiger partial charge in [-0.2, -0.15) is 0 Å². The van der Waals surface area contributed by atoms with Crippen LogP contribution in [0.25, 0.3) is 10.4 Å². The van der Waals surface area contributed by atoms with Gasteiger partial charge in [0.25, 0.3) is 11.3 Å². The second kappa shape index (κ2) is 7.93. The van der Waals surface area contributed by atoms with Gasteiger partial charge < -0.3 is 10.8 Å². The lowest BCUT2D eigenvalue weighted by molar-refractivity contribution is 0.0702. The number of anilines is 2. The van der Waals surface area contributed by atoms with Crippen LogP contribution in [0.5, 0.6) is 0 Å². The van der Waals surface area contributed by atoms with Gasteiger partial charge in [0.2, 0.25) is 5.91 Å². The maximum Gasteiger partial charge on any atom is 0.348 e. The number of thiophene rings is 1. The van der Waals surface area contributed by atoms with Crippen molar-refractivity contribution in [2.45, 2.75) is 6.92 Å². The highest BCUT2D eigenvalue weighted by Gasteiger charge is 2.25. The van der Waals surface area contributed by atoms with Crippen LogP contribution in [-0.4, -0.2) is 25.7 Å². The Bertz CT molecular complexity index is 1060. The monoisotopic (exact) mass is 416 g/mol. The number of aromatic carboxylic acids is 1. The summed E-state index contributed by atoms with van der Waals surface area (Å²) in [5, 5.41) is 9.61. The molecule has 144 valence electrons. The van der Waals surface area contributed by atoms with Crippen LogP contribution in [0, 0.1) is 6.92 Å². The van der Waals surface area contributed by atoms with E-state index in [4.69, 9.17) is 5.73 Å². The van der Waals surface area contributed by atoms with Crippen molar-refractivity contribution in [1.29, 1.82) is 0 Å². The Labute approximate surface area is 167 Å². The van der Waals surface area contributed by atoms with E-state index in [2.05, 4.69) is 0 Å². The first-order valence-corrected chi connectivity index (χ1v) is 9.91. The number of nitrogens with zero attached hydrogens (tertiary/aromatic N) is 1. The third kappa shape index (κ3) is 3.96. The number of amides is 1. The van der Waals surface area contributed by atoms with Crippen LogP contribution in [0.4, 0.5) is 11.4 Å². The molecule has 2 aromatic carbocycles. The van der Waals surface area contributed by atoms with Crippen LogP contribution in [0.1, 0.15) is 25.6 Å². The molecule has 7 nitrogen and oxygen atoms in total. The van der Waals surface area contributed by atoms with Gasteiger partial charge in [0.15, 0.2) is 0 Å². The highest BCUT2D eigenvalue weighted by atomic mass is 32.2. The molecule has 1 amide bonds. The molecule has 28 heavy (non-hydrogen) atoms. The van der Waals surface area contributed by atoms with Crippen molar-refractivity contribution in [3.05, 3.63) is 70.6 Å². The standard InChI is InChI=1S/C19H16N2O5S2/c1-11-2-8-14(9-3-11)21(28(25)26)15-10-16(27-17(15)19(23)24)12-4-6-13(7-5-12)18(20)22/h2-10H,1H3,(H2,20,22)(H,23,24)(H,25,26). The molecule has 0 radical (unpaired) electrons. The minimum Gasteiger partial charge on any atom is -0.477 e. The van der Waals surface area contributed by atoms with Gasteiger partial charge >= 0.3 is 5.97 Å². The van der Waals surface area contributed by atoms with E-state index in [9.17, 15) is 23.5 Å². The summed E-state index contributed by atoms with van der Waals surface area (Å²) >= 11 is -1.50. The van der Waals surface area contributed by atoms with Crippen molar-refractivity contribution >= 4 is 45.9 Å². The van der Waals surface area contributed by atoms with Crippen LogP contribution in [0.15, 0.2) is 54.6 Å². The van der Waals surface area contributed by atoms with Gasteiger partial charge in [-0.15, -0.1) is 11.3 Å². The molecule has 1 unspecified atom stereocenters. The minimum absolute atomic E-state index is 0.0723. The summed E-state index contributed by atoms with van der Waals surface area (Å²) in [6.45, 7) is 1.88. The molecule has 3 aromatic rings. The number of hydrogen-bond acceptors (Lipinski definition) is 4.